The van der Waals surface area contributed by atoms with Crippen LogP contribution >= 0.6 is 0 Å². The predicted molar refractivity (Wildman–Crippen MR) is 34.6 cm³/mol. The molecule has 0 aliphatic carbocycles. The fraction of sp³-hybridized carbons (Fsp3) is 0. The summed E-state index contributed by atoms with van der Waals surface area (Å²) >= 11 is 0. The summed E-state index contributed by atoms with van der Waals surface area (Å²) in [6.07, 6.45) is 1.27. The summed E-state index contributed by atoms with van der Waals surface area (Å²) in [5.74, 6) is 0.0440. The van der Waals surface area contributed by atoms with Crippen molar-refractivity contribution in [2.24, 2.45) is 0 Å². The lowest BCUT2D eigenvalue weighted by molar-refractivity contribution is 1.08. The summed E-state index contributed by atoms with van der Waals surface area (Å²) < 4.78 is 0. The summed E-state index contributed by atoms with van der Waals surface area (Å²) in [7, 11) is 0. The number of hydrogen-bond donors (Lipinski definition) is 1. The smallest absolute Gasteiger partial charge is 0.376 e. The average molecular weight is 137 g/mol. The van der Waals surface area contributed by atoms with Crippen LogP contribution in [0, 0.1) is 11.3 Å². The minimum atomic E-state index is -0.332. The van der Waals surface area contributed by atoms with E-state index in [0.29, 0.717) is 0 Å². The first-order valence-corrected chi connectivity index (χ1v) is 2.46. The molecule has 5 heteroatoms. The van der Waals surface area contributed by atoms with Crippen LogP contribution < -0.4 is 5.56 Å². The molecular weight excluding hydrogens is 134 g/mol. The molecule has 10 heavy (non-hydrogen) atoms. The van der Waals surface area contributed by atoms with Gasteiger partial charge in [0.15, 0.2) is 0 Å². The van der Waals surface area contributed by atoms with E-state index < -0.39 is 0 Å². The van der Waals surface area contributed by atoms with Crippen LogP contribution in [0.3, 0.4) is 0 Å². The van der Waals surface area contributed by atoms with Crippen LogP contribution in [0.15, 0.2) is 17.1 Å². The third-order valence-corrected chi connectivity index (χ3v) is 0.823. The Bertz CT molecular complexity index is 332. The fourth-order valence-corrected chi connectivity index (χ4v) is 0.470. The van der Waals surface area contributed by atoms with E-state index in [2.05, 4.69) is 15.0 Å². The minimum Gasteiger partial charge on any atom is -0.498 e. The molecule has 1 aromatic heterocycles. The highest BCUT2D eigenvalue weighted by Gasteiger charge is 1.93. The Kier molecular flexibility index (Phi) is 1.66. The summed E-state index contributed by atoms with van der Waals surface area (Å²) in [4.78, 5) is 16.3. The maximum atomic E-state index is 10.5. The molecule has 0 fully saturated rings. The second-order valence-electron chi connectivity index (χ2n) is 1.49. The zero-order valence-electron chi connectivity index (χ0n) is 4.87. The maximum Gasteiger partial charge on any atom is 0.376 e. The summed E-state index contributed by atoms with van der Waals surface area (Å²) in [6, 6.07) is 3.18. The molecule has 0 atom stereocenters. The van der Waals surface area contributed by atoms with Crippen molar-refractivity contribution in [3.63, 3.8) is 0 Å². The Balaban J connectivity index is 3.15. The maximum absolute atomic E-state index is 10.5. The molecule has 5 nitrogen and oxygen atoms in total. The van der Waals surface area contributed by atoms with Gasteiger partial charge in [-0.2, -0.15) is 0 Å². The highest BCUT2D eigenvalue weighted by molar-refractivity contribution is 5.13. The third kappa shape index (κ3) is 1.32. The Morgan fingerprint density at radius 3 is 3.20 bits per heavy atom. The SMILES string of the molecule is O=c1ccnc(C#[N+][O-])[nH]1. The van der Waals surface area contributed by atoms with E-state index in [1.807, 2.05) is 6.07 Å². The third-order valence-electron chi connectivity index (χ3n) is 0.823. The molecule has 1 N–H and O–H groups in total. The second-order valence-corrected chi connectivity index (χ2v) is 1.49. The Labute approximate surface area is 55.7 Å². The van der Waals surface area contributed by atoms with Crippen LogP contribution in [0.25, 0.3) is 5.01 Å². The number of H-pyrrole nitrogens is 1. The van der Waals surface area contributed by atoms with E-state index in [9.17, 15) is 10.0 Å². The van der Waals surface area contributed by atoms with Gasteiger partial charge >= 0.3 is 6.07 Å². The fourth-order valence-electron chi connectivity index (χ4n) is 0.470. The molecule has 50 valence electrons. The van der Waals surface area contributed by atoms with E-state index in [1.165, 1.54) is 12.3 Å². The van der Waals surface area contributed by atoms with E-state index in [1.54, 1.807) is 0 Å². The molecule has 1 rings (SSSR count). The molecule has 0 radical (unpaired) electrons. The zero-order chi connectivity index (χ0) is 7.40. The highest BCUT2D eigenvalue weighted by Crippen LogP contribution is 1.77. The minimum absolute atomic E-state index is 0.0440. The Hall–Kier alpha value is -1.83. The van der Waals surface area contributed by atoms with Crippen molar-refractivity contribution in [2.45, 2.75) is 0 Å². The van der Waals surface area contributed by atoms with Gasteiger partial charge < -0.3 is 5.21 Å². The van der Waals surface area contributed by atoms with Gasteiger partial charge in [-0.3, -0.25) is 9.78 Å². The van der Waals surface area contributed by atoms with Crippen molar-refractivity contribution in [2.75, 3.05) is 0 Å². The van der Waals surface area contributed by atoms with Crippen LogP contribution in [-0.4, -0.2) is 9.97 Å². The second kappa shape index (κ2) is 2.64. The van der Waals surface area contributed by atoms with Crippen molar-refractivity contribution < 1.29 is 0 Å². The topological polar surface area (TPSA) is 73.2 Å². The summed E-state index contributed by atoms with van der Waals surface area (Å²) in [6.45, 7) is 0. The van der Waals surface area contributed by atoms with Crippen LogP contribution in [0.4, 0.5) is 0 Å². The quantitative estimate of drug-likeness (QED) is 0.509. The number of hydrogen-bond acceptors (Lipinski definition) is 3. The molecule has 0 amide bonds. The van der Waals surface area contributed by atoms with Crippen LogP contribution in [0.5, 0.6) is 0 Å². The predicted octanol–water partition coefficient (Wildman–Crippen LogP) is -0.0513. The molecule has 0 spiro atoms. The zero-order valence-corrected chi connectivity index (χ0v) is 4.87. The molecular formula is C5H3N3O2. The Morgan fingerprint density at radius 2 is 2.60 bits per heavy atom. The Morgan fingerprint density at radius 1 is 1.80 bits per heavy atom. The molecule has 1 heterocycles. The highest BCUT2D eigenvalue weighted by atomic mass is 16.4. The number of aromatic nitrogens is 2. The molecule has 0 saturated carbocycles. The molecule has 1 aromatic rings. The standard InChI is InChI=1S/C5H3N3O2/c9-5-1-2-6-4(8-5)3-7-10/h1-2H,(H,6,8,9). The number of nitrogens with one attached hydrogen (secondary N) is 1. The first kappa shape index (κ1) is 6.29. The van der Waals surface area contributed by atoms with Crippen LogP contribution in [-0.2, 0) is 0 Å². The van der Waals surface area contributed by atoms with Gasteiger partial charge in [-0.25, -0.2) is 4.98 Å². The average Bonchev–Trinajstić information content (AvgIpc) is 1.88. The largest absolute Gasteiger partial charge is 0.498 e. The first-order chi connectivity index (χ1) is 4.83. The number of rotatable bonds is 0. The molecule has 0 aromatic carbocycles. The molecule has 0 saturated heterocycles. The summed E-state index contributed by atoms with van der Waals surface area (Å²) in [5.41, 5.74) is -0.332. The van der Waals surface area contributed by atoms with E-state index >= 15 is 0 Å². The van der Waals surface area contributed by atoms with E-state index in [0.717, 1.165) is 0 Å². The van der Waals surface area contributed by atoms with Gasteiger partial charge in [-0.05, 0) is 0 Å². The van der Waals surface area contributed by atoms with Crippen molar-refractivity contribution in [1.29, 1.82) is 0 Å². The first-order valence-electron chi connectivity index (χ1n) is 2.46. The lowest BCUT2D eigenvalue weighted by Gasteiger charge is -1.79. The van der Waals surface area contributed by atoms with Crippen molar-refractivity contribution in [3.8, 4) is 6.07 Å². The monoisotopic (exact) mass is 137 g/mol. The van der Waals surface area contributed by atoms with E-state index in [-0.39, 0.29) is 11.4 Å². The van der Waals surface area contributed by atoms with Crippen molar-refractivity contribution in [3.05, 3.63) is 38.7 Å². The normalized spacial score (nSPS) is 8.00. The van der Waals surface area contributed by atoms with E-state index in [4.69, 9.17) is 0 Å². The van der Waals surface area contributed by atoms with Crippen molar-refractivity contribution in [1.82, 2.24) is 9.97 Å². The lowest BCUT2D eigenvalue weighted by atomic mass is 10.6. The van der Waals surface area contributed by atoms with Crippen LogP contribution in [0.1, 0.15) is 5.82 Å². The van der Waals surface area contributed by atoms with Gasteiger partial charge in [-0.15, -0.1) is 0 Å². The molecule has 0 aliphatic heterocycles. The number of nitrogens with zero attached hydrogens (tertiary/aromatic N) is 2. The van der Waals surface area contributed by atoms with Crippen LogP contribution in [0.2, 0.25) is 0 Å². The lowest BCUT2D eigenvalue weighted by Crippen LogP contribution is -2.05. The van der Waals surface area contributed by atoms with Gasteiger partial charge in [0.25, 0.3) is 11.4 Å². The summed E-state index contributed by atoms with van der Waals surface area (Å²) in [5, 5.41) is 11.9. The molecule has 0 bridgehead atoms. The van der Waals surface area contributed by atoms with Gasteiger partial charge in [-0.1, -0.05) is 0 Å². The van der Waals surface area contributed by atoms with Gasteiger partial charge in [0, 0.05) is 17.3 Å². The van der Waals surface area contributed by atoms with Crippen molar-refractivity contribution >= 4 is 0 Å². The van der Waals surface area contributed by atoms with Gasteiger partial charge in [0.2, 0.25) is 0 Å². The van der Waals surface area contributed by atoms with Gasteiger partial charge in [0.1, 0.15) is 0 Å². The number of aromatic amines is 1. The molecule has 0 unspecified atom stereocenters. The van der Waals surface area contributed by atoms with Gasteiger partial charge in [0.05, 0.1) is 0 Å². The molecule has 0 aliphatic rings.